The summed E-state index contributed by atoms with van der Waals surface area (Å²) in [7, 11) is 1.56. The van der Waals surface area contributed by atoms with E-state index in [0.717, 1.165) is 12.8 Å². The first kappa shape index (κ1) is 18.5. The Hall–Kier alpha value is -1.86. The van der Waals surface area contributed by atoms with Crippen LogP contribution in [0.1, 0.15) is 23.2 Å². The topological polar surface area (TPSA) is 79.5 Å². The predicted octanol–water partition coefficient (Wildman–Crippen LogP) is 3.97. The Morgan fingerprint density at radius 1 is 1.54 bits per heavy atom. The number of hydrogen-bond donors (Lipinski definition) is 3. The summed E-state index contributed by atoms with van der Waals surface area (Å²) in [6.45, 7) is 0. The molecule has 8 heteroatoms. The van der Waals surface area contributed by atoms with E-state index in [1.54, 1.807) is 7.05 Å². The minimum absolute atomic E-state index is 0.0252. The van der Waals surface area contributed by atoms with E-state index < -0.39 is 11.7 Å². The summed E-state index contributed by atoms with van der Waals surface area (Å²) in [6.07, 6.45) is 6.64. The van der Waals surface area contributed by atoms with Crippen LogP contribution in [0.5, 0.6) is 0 Å². The number of halogens is 3. The lowest BCUT2D eigenvalue weighted by molar-refractivity contribution is 0.100. The van der Waals surface area contributed by atoms with E-state index in [1.165, 1.54) is 18.5 Å². The second-order valence-electron chi connectivity index (χ2n) is 5.10. The molecule has 1 atom stereocenters. The van der Waals surface area contributed by atoms with E-state index in [2.05, 4.69) is 31.6 Å². The van der Waals surface area contributed by atoms with E-state index in [9.17, 15) is 9.18 Å². The van der Waals surface area contributed by atoms with Crippen LogP contribution in [-0.2, 0) is 0 Å². The van der Waals surface area contributed by atoms with E-state index in [0.29, 0.717) is 10.7 Å². The van der Waals surface area contributed by atoms with Gasteiger partial charge >= 0.3 is 0 Å². The van der Waals surface area contributed by atoms with Gasteiger partial charge < -0.3 is 16.4 Å². The van der Waals surface area contributed by atoms with E-state index in [1.807, 2.05) is 12.2 Å². The SMILES string of the molecule is CN=CNc1ccc(C(N)=O)c(NC2=CCCC(Br)C=C2Cl)c1F. The lowest BCUT2D eigenvalue weighted by Crippen LogP contribution is -2.16. The number of primary amides is 1. The highest BCUT2D eigenvalue weighted by Gasteiger charge is 2.19. The summed E-state index contributed by atoms with van der Waals surface area (Å²) in [5.74, 6) is -1.38. The van der Waals surface area contributed by atoms with Gasteiger partial charge in [0, 0.05) is 11.9 Å². The van der Waals surface area contributed by atoms with E-state index in [4.69, 9.17) is 17.3 Å². The largest absolute Gasteiger partial charge is 0.366 e. The van der Waals surface area contributed by atoms with Gasteiger partial charge in [0.1, 0.15) is 0 Å². The van der Waals surface area contributed by atoms with Crippen LogP contribution < -0.4 is 16.4 Å². The van der Waals surface area contributed by atoms with Crippen LogP contribution in [0.25, 0.3) is 0 Å². The number of carbonyl (C=O) groups is 1. The molecule has 0 aromatic heterocycles. The molecule has 0 heterocycles. The molecular formula is C16H17BrClFN4O. The minimum atomic E-state index is -0.736. The van der Waals surface area contributed by atoms with Gasteiger partial charge in [-0.15, -0.1) is 0 Å². The number of rotatable bonds is 5. The minimum Gasteiger partial charge on any atom is -0.366 e. The summed E-state index contributed by atoms with van der Waals surface area (Å²) in [6, 6.07) is 2.87. The van der Waals surface area contributed by atoms with Crippen molar-refractivity contribution < 1.29 is 9.18 Å². The number of alkyl halides is 1. The van der Waals surface area contributed by atoms with Crippen molar-refractivity contribution in [3.8, 4) is 0 Å². The van der Waals surface area contributed by atoms with Crippen LogP contribution in [0.2, 0.25) is 0 Å². The van der Waals surface area contributed by atoms with Crippen molar-refractivity contribution in [1.29, 1.82) is 0 Å². The number of nitrogens with two attached hydrogens (primary N) is 1. The molecule has 0 saturated carbocycles. The highest BCUT2D eigenvalue weighted by atomic mass is 79.9. The third-order valence-corrected chi connectivity index (χ3v) is 4.44. The Balaban J connectivity index is 2.45. The maximum atomic E-state index is 14.8. The number of nitrogens with one attached hydrogen (secondary N) is 2. The Labute approximate surface area is 153 Å². The number of carbonyl (C=O) groups excluding carboxylic acids is 1. The van der Waals surface area contributed by atoms with Gasteiger partial charge in [0.05, 0.1) is 34.0 Å². The molecular weight excluding hydrogens is 399 g/mol. The zero-order valence-corrected chi connectivity index (χ0v) is 15.3. The van der Waals surface area contributed by atoms with E-state index in [-0.39, 0.29) is 21.8 Å². The van der Waals surface area contributed by atoms with Gasteiger partial charge in [-0.1, -0.05) is 39.7 Å². The molecule has 24 heavy (non-hydrogen) atoms. The monoisotopic (exact) mass is 414 g/mol. The fourth-order valence-electron chi connectivity index (χ4n) is 2.21. The second kappa shape index (κ2) is 8.30. The molecule has 0 radical (unpaired) electrons. The Morgan fingerprint density at radius 3 is 2.96 bits per heavy atom. The van der Waals surface area contributed by atoms with Gasteiger partial charge in [0.25, 0.3) is 5.91 Å². The maximum Gasteiger partial charge on any atom is 0.250 e. The van der Waals surface area contributed by atoms with Crippen LogP contribution in [0, 0.1) is 5.82 Å². The van der Waals surface area contributed by atoms with Gasteiger partial charge in [0.2, 0.25) is 0 Å². The normalized spacial score (nSPS) is 17.9. The second-order valence-corrected chi connectivity index (χ2v) is 6.68. The van der Waals surface area contributed by atoms with Gasteiger partial charge in [0.15, 0.2) is 5.82 Å². The van der Waals surface area contributed by atoms with Crippen LogP contribution >= 0.6 is 27.5 Å². The van der Waals surface area contributed by atoms with Crippen molar-refractivity contribution in [2.24, 2.45) is 10.7 Å². The smallest absolute Gasteiger partial charge is 0.250 e. The van der Waals surface area contributed by atoms with Crippen molar-refractivity contribution in [3.05, 3.63) is 46.4 Å². The Bertz CT molecular complexity index is 733. The summed E-state index contributed by atoms with van der Waals surface area (Å²) in [5.41, 5.74) is 6.07. The molecule has 1 aliphatic carbocycles. The van der Waals surface area contributed by atoms with Gasteiger partial charge in [-0.3, -0.25) is 9.79 Å². The van der Waals surface area contributed by atoms with Crippen LogP contribution in [0.15, 0.2) is 40.0 Å². The number of anilines is 2. The zero-order chi connectivity index (χ0) is 17.7. The lowest BCUT2D eigenvalue weighted by atomic mass is 10.1. The molecule has 1 aromatic rings. The first-order valence-corrected chi connectivity index (χ1v) is 8.51. The fraction of sp³-hybridized carbons (Fsp3) is 0.250. The summed E-state index contributed by atoms with van der Waals surface area (Å²) in [5, 5.41) is 6.05. The van der Waals surface area contributed by atoms with Gasteiger partial charge in [-0.25, -0.2) is 4.39 Å². The third-order valence-electron chi connectivity index (χ3n) is 3.39. The molecule has 4 N–H and O–H groups in total. The fourth-order valence-corrected chi connectivity index (χ4v) is 3.17. The lowest BCUT2D eigenvalue weighted by Gasteiger charge is -2.16. The molecule has 0 aliphatic heterocycles. The number of allylic oxidation sites excluding steroid dienone is 3. The van der Waals surface area contributed by atoms with Crippen molar-refractivity contribution >= 4 is 51.2 Å². The third kappa shape index (κ3) is 4.36. The summed E-state index contributed by atoms with van der Waals surface area (Å²) < 4.78 is 14.8. The van der Waals surface area contributed by atoms with Gasteiger partial charge in [-0.2, -0.15) is 0 Å². The number of benzene rings is 1. The highest BCUT2D eigenvalue weighted by Crippen LogP contribution is 2.31. The van der Waals surface area contributed by atoms with Crippen molar-refractivity contribution in [1.82, 2.24) is 0 Å². The first-order valence-electron chi connectivity index (χ1n) is 7.22. The number of nitrogens with zero attached hydrogens (tertiary/aromatic N) is 1. The molecule has 1 amide bonds. The van der Waals surface area contributed by atoms with E-state index >= 15 is 0 Å². The standard InChI is InChI=1S/C16H17BrClFN4O/c1-21-8-22-13-6-5-10(16(20)24)15(14(13)19)23-12-4-2-3-9(17)7-11(12)18/h4-9,23H,2-3H2,1H3,(H2,20,24)(H,21,22). The van der Waals surface area contributed by atoms with Gasteiger partial charge in [-0.05, 0) is 25.0 Å². The molecule has 2 rings (SSSR count). The predicted molar refractivity (Wildman–Crippen MR) is 101 cm³/mol. The van der Waals surface area contributed by atoms with Crippen LogP contribution in [0.4, 0.5) is 15.8 Å². The first-order chi connectivity index (χ1) is 11.4. The average Bonchev–Trinajstić information content (AvgIpc) is 2.68. The van der Waals surface area contributed by atoms with Crippen LogP contribution in [0.3, 0.4) is 0 Å². The quantitative estimate of drug-likeness (QED) is 0.387. The Morgan fingerprint density at radius 2 is 2.29 bits per heavy atom. The molecule has 0 fully saturated rings. The Kier molecular flexibility index (Phi) is 6.39. The maximum absolute atomic E-state index is 14.8. The molecule has 1 aliphatic rings. The average molecular weight is 416 g/mol. The van der Waals surface area contributed by atoms with Crippen molar-refractivity contribution in [2.75, 3.05) is 17.7 Å². The number of hydrogen-bond acceptors (Lipinski definition) is 3. The molecule has 5 nitrogen and oxygen atoms in total. The molecule has 1 aromatic carbocycles. The zero-order valence-electron chi connectivity index (χ0n) is 12.9. The summed E-state index contributed by atoms with van der Waals surface area (Å²) in [4.78, 5) is 15.5. The van der Waals surface area contributed by atoms with Crippen LogP contribution in [-0.4, -0.2) is 24.1 Å². The van der Waals surface area contributed by atoms with Crippen molar-refractivity contribution in [2.45, 2.75) is 17.7 Å². The molecule has 0 bridgehead atoms. The number of amides is 1. The summed E-state index contributed by atoms with van der Waals surface area (Å²) >= 11 is 9.75. The van der Waals surface area contributed by atoms with Crippen molar-refractivity contribution in [3.63, 3.8) is 0 Å². The number of aliphatic imine (C=N–C) groups is 1. The molecule has 1 unspecified atom stereocenters. The molecule has 0 saturated heterocycles. The highest BCUT2D eigenvalue weighted by molar-refractivity contribution is 9.09. The molecule has 128 valence electrons. The molecule has 0 spiro atoms.